The molecule has 0 saturated heterocycles. The maximum atomic E-state index is 12.2. The highest BCUT2D eigenvalue weighted by Crippen LogP contribution is 2.11. The number of aryl methyl sites for hydroxylation is 1. The molecule has 1 heterocycles. The van der Waals surface area contributed by atoms with Crippen molar-refractivity contribution < 1.29 is 19.5 Å². The van der Waals surface area contributed by atoms with Crippen LogP contribution in [-0.4, -0.2) is 33.9 Å². The highest BCUT2D eigenvalue weighted by molar-refractivity contribution is 5.99. The van der Waals surface area contributed by atoms with Crippen LogP contribution < -0.4 is 5.32 Å². The van der Waals surface area contributed by atoms with Gasteiger partial charge in [0.25, 0.3) is 5.91 Å². The number of carbonyl (C=O) groups is 3. The van der Waals surface area contributed by atoms with Crippen molar-refractivity contribution in [3.8, 4) is 0 Å². The number of rotatable bonds is 7. The van der Waals surface area contributed by atoms with Crippen molar-refractivity contribution in [3.63, 3.8) is 0 Å². The maximum absolute atomic E-state index is 12.2. The minimum atomic E-state index is -0.963. The number of aromatic nitrogens is 1. The quantitative estimate of drug-likeness (QED) is 0.760. The Balaban J connectivity index is 2.02. The number of Topliss-reactive ketones (excluding diaryl/α,β-unsaturated/α-hetero) is 1. The third-order valence-electron chi connectivity index (χ3n) is 3.83. The molecule has 1 amide bonds. The number of hydrogen-bond donors (Lipinski definition) is 2. The topological polar surface area (TPSA) is 88.4 Å². The van der Waals surface area contributed by atoms with Gasteiger partial charge in [-0.2, -0.15) is 0 Å². The molecule has 0 spiro atoms. The molecular weight excluding hydrogens is 308 g/mol. The first-order valence-electron chi connectivity index (χ1n) is 7.60. The summed E-state index contributed by atoms with van der Waals surface area (Å²) in [4.78, 5) is 35.0. The molecule has 6 nitrogen and oxygen atoms in total. The van der Waals surface area contributed by atoms with Crippen molar-refractivity contribution in [2.75, 3.05) is 6.54 Å². The highest BCUT2D eigenvalue weighted by Gasteiger charge is 2.20. The molecule has 0 radical (unpaired) electrons. The van der Waals surface area contributed by atoms with Crippen molar-refractivity contribution in [3.05, 3.63) is 59.4 Å². The van der Waals surface area contributed by atoms with Crippen LogP contribution in [0, 0.1) is 5.92 Å². The first-order valence-corrected chi connectivity index (χ1v) is 7.60. The summed E-state index contributed by atoms with van der Waals surface area (Å²) >= 11 is 0. The molecule has 1 aromatic carbocycles. The maximum Gasteiger partial charge on any atom is 0.308 e. The standard InChI is InChI=1S/C18H20N2O4/c1-12(21)15-9-16(20(2)11-15)17(22)19-10-14(18(23)24)8-13-6-4-3-5-7-13/h3-7,9,11,14H,8,10H2,1-2H3,(H,19,22)(H,23,24). The monoisotopic (exact) mass is 328 g/mol. The number of carbonyl (C=O) groups excluding carboxylic acids is 2. The van der Waals surface area contributed by atoms with Crippen LogP contribution in [0.25, 0.3) is 0 Å². The summed E-state index contributed by atoms with van der Waals surface area (Å²) in [5, 5.41) is 12.0. The Bertz CT molecular complexity index is 750. The Hall–Kier alpha value is -2.89. The summed E-state index contributed by atoms with van der Waals surface area (Å²) in [5.41, 5.74) is 1.67. The minimum absolute atomic E-state index is 0.0175. The predicted molar refractivity (Wildman–Crippen MR) is 89.0 cm³/mol. The Morgan fingerprint density at radius 2 is 1.88 bits per heavy atom. The molecule has 1 atom stereocenters. The fourth-order valence-corrected chi connectivity index (χ4v) is 2.43. The van der Waals surface area contributed by atoms with Crippen molar-refractivity contribution in [1.82, 2.24) is 9.88 Å². The van der Waals surface area contributed by atoms with Crippen LogP contribution in [0.2, 0.25) is 0 Å². The smallest absolute Gasteiger partial charge is 0.308 e. The van der Waals surface area contributed by atoms with E-state index in [0.717, 1.165) is 5.56 Å². The fraction of sp³-hybridized carbons (Fsp3) is 0.278. The number of benzene rings is 1. The van der Waals surface area contributed by atoms with Gasteiger partial charge >= 0.3 is 5.97 Å². The third kappa shape index (κ3) is 4.32. The number of carboxylic acids is 1. The first-order chi connectivity index (χ1) is 11.4. The molecule has 1 aromatic heterocycles. The number of carboxylic acid groups (broad SMARTS) is 1. The molecule has 6 heteroatoms. The molecule has 2 aromatic rings. The van der Waals surface area contributed by atoms with E-state index >= 15 is 0 Å². The highest BCUT2D eigenvalue weighted by atomic mass is 16.4. The van der Waals surface area contributed by atoms with Gasteiger partial charge in [-0.3, -0.25) is 14.4 Å². The number of nitrogens with zero attached hydrogens (tertiary/aromatic N) is 1. The van der Waals surface area contributed by atoms with Gasteiger partial charge in [0.15, 0.2) is 5.78 Å². The molecule has 0 fully saturated rings. The molecule has 0 saturated carbocycles. The van der Waals surface area contributed by atoms with E-state index in [0.29, 0.717) is 17.7 Å². The van der Waals surface area contributed by atoms with Crippen molar-refractivity contribution >= 4 is 17.7 Å². The third-order valence-corrected chi connectivity index (χ3v) is 3.83. The van der Waals surface area contributed by atoms with Crippen LogP contribution in [0.1, 0.15) is 33.3 Å². The molecule has 1 unspecified atom stereocenters. The number of nitrogens with one attached hydrogen (secondary N) is 1. The Kier molecular flexibility index (Phi) is 5.52. The van der Waals surface area contributed by atoms with Gasteiger partial charge in [-0.15, -0.1) is 0 Å². The summed E-state index contributed by atoms with van der Waals surface area (Å²) < 4.78 is 1.55. The van der Waals surface area contributed by atoms with Gasteiger partial charge in [0, 0.05) is 25.4 Å². The minimum Gasteiger partial charge on any atom is -0.481 e. The molecule has 0 aliphatic heterocycles. The Morgan fingerprint density at radius 3 is 2.42 bits per heavy atom. The van der Waals surface area contributed by atoms with E-state index in [-0.39, 0.29) is 12.3 Å². The van der Waals surface area contributed by atoms with E-state index in [1.807, 2.05) is 30.3 Å². The van der Waals surface area contributed by atoms with Crippen molar-refractivity contribution in [2.24, 2.45) is 13.0 Å². The SMILES string of the molecule is CC(=O)c1cc(C(=O)NCC(Cc2ccccc2)C(=O)O)n(C)c1. The fourth-order valence-electron chi connectivity index (χ4n) is 2.43. The zero-order chi connectivity index (χ0) is 17.7. The van der Waals surface area contributed by atoms with Gasteiger partial charge in [0.05, 0.1) is 5.92 Å². The van der Waals surface area contributed by atoms with Crippen LogP contribution in [-0.2, 0) is 18.3 Å². The zero-order valence-corrected chi connectivity index (χ0v) is 13.7. The van der Waals surface area contributed by atoms with Crippen molar-refractivity contribution in [2.45, 2.75) is 13.3 Å². The van der Waals surface area contributed by atoms with E-state index in [9.17, 15) is 19.5 Å². The van der Waals surface area contributed by atoms with Gasteiger partial charge in [-0.05, 0) is 25.0 Å². The lowest BCUT2D eigenvalue weighted by atomic mass is 9.99. The second-order valence-corrected chi connectivity index (χ2v) is 5.72. The average molecular weight is 328 g/mol. The van der Waals surface area contributed by atoms with Gasteiger partial charge in [0.1, 0.15) is 5.69 Å². The molecule has 0 aliphatic carbocycles. The summed E-state index contributed by atoms with van der Waals surface area (Å²) in [5.74, 6) is -2.21. The van der Waals surface area contributed by atoms with Gasteiger partial charge < -0.3 is 15.0 Å². The molecular formula is C18H20N2O4. The Morgan fingerprint density at radius 1 is 1.21 bits per heavy atom. The number of ketones is 1. The zero-order valence-electron chi connectivity index (χ0n) is 13.7. The van der Waals surface area contributed by atoms with Crippen LogP contribution in [0.4, 0.5) is 0 Å². The van der Waals surface area contributed by atoms with Gasteiger partial charge in [0.2, 0.25) is 0 Å². The Labute approximate surface area is 140 Å². The summed E-state index contributed by atoms with van der Waals surface area (Å²) in [6.07, 6.45) is 1.91. The molecule has 0 aliphatic rings. The van der Waals surface area contributed by atoms with Crippen LogP contribution >= 0.6 is 0 Å². The van der Waals surface area contributed by atoms with E-state index < -0.39 is 17.8 Å². The molecule has 0 bridgehead atoms. The lowest BCUT2D eigenvalue weighted by molar-refractivity contribution is -0.141. The largest absolute Gasteiger partial charge is 0.481 e. The molecule has 2 rings (SSSR count). The van der Waals surface area contributed by atoms with E-state index in [4.69, 9.17) is 0 Å². The molecule has 2 N–H and O–H groups in total. The van der Waals surface area contributed by atoms with Gasteiger partial charge in [-0.25, -0.2) is 0 Å². The van der Waals surface area contributed by atoms with Crippen molar-refractivity contribution in [1.29, 1.82) is 0 Å². The summed E-state index contributed by atoms with van der Waals surface area (Å²) in [6.45, 7) is 1.45. The summed E-state index contributed by atoms with van der Waals surface area (Å²) in [6, 6.07) is 10.8. The van der Waals surface area contributed by atoms with E-state index in [2.05, 4.69) is 5.32 Å². The van der Waals surface area contributed by atoms with Crippen LogP contribution in [0.3, 0.4) is 0 Å². The molecule has 24 heavy (non-hydrogen) atoms. The average Bonchev–Trinajstić information content (AvgIpc) is 2.94. The van der Waals surface area contributed by atoms with Crippen LogP contribution in [0.15, 0.2) is 42.6 Å². The van der Waals surface area contributed by atoms with E-state index in [1.54, 1.807) is 17.8 Å². The van der Waals surface area contributed by atoms with Gasteiger partial charge in [-0.1, -0.05) is 30.3 Å². The lowest BCUT2D eigenvalue weighted by Gasteiger charge is -2.13. The lowest BCUT2D eigenvalue weighted by Crippen LogP contribution is -2.34. The van der Waals surface area contributed by atoms with E-state index in [1.165, 1.54) is 13.0 Å². The second-order valence-electron chi connectivity index (χ2n) is 5.72. The second kappa shape index (κ2) is 7.59. The van der Waals surface area contributed by atoms with Crippen LogP contribution in [0.5, 0.6) is 0 Å². The summed E-state index contributed by atoms with van der Waals surface area (Å²) in [7, 11) is 1.67. The molecule has 126 valence electrons. The predicted octanol–water partition coefficient (Wildman–Crippen LogP) is 1.90. The normalized spacial score (nSPS) is 11.8. The number of hydrogen-bond acceptors (Lipinski definition) is 3. The first kappa shape index (κ1) is 17.5. The number of aliphatic carboxylic acids is 1. The number of amides is 1.